The van der Waals surface area contributed by atoms with Gasteiger partial charge in [0, 0.05) is 25.7 Å². The molecule has 6 heteroatoms. The molecule has 0 aliphatic rings. The first-order valence-corrected chi connectivity index (χ1v) is 7.12. The maximum atomic E-state index is 10.6. The second-order valence-corrected chi connectivity index (χ2v) is 5.14. The van der Waals surface area contributed by atoms with Gasteiger partial charge in [-0.1, -0.05) is 12.1 Å². The zero-order valence-corrected chi connectivity index (χ0v) is 13.1. The van der Waals surface area contributed by atoms with Crippen molar-refractivity contribution in [2.75, 3.05) is 12.4 Å². The molecule has 0 unspecified atom stereocenters. The van der Waals surface area contributed by atoms with Crippen molar-refractivity contribution < 1.29 is 14.6 Å². The van der Waals surface area contributed by atoms with Gasteiger partial charge in [0.15, 0.2) is 0 Å². The van der Waals surface area contributed by atoms with Crippen LogP contribution in [0.5, 0.6) is 5.88 Å². The number of rotatable bonds is 7. The third-order valence-corrected chi connectivity index (χ3v) is 3.51. The predicted octanol–water partition coefficient (Wildman–Crippen LogP) is 2.37. The highest BCUT2D eigenvalue weighted by Gasteiger charge is 2.13. The Morgan fingerprint density at radius 1 is 1.45 bits per heavy atom. The zero-order chi connectivity index (χ0) is 16.1. The van der Waals surface area contributed by atoms with Crippen LogP contribution in [0.15, 0.2) is 24.3 Å². The van der Waals surface area contributed by atoms with Crippen molar-refractivity contribution in [1.82, 2.24) is 9.78 Å². The molecule has 1 heterocycles. The Balaban J connectivity index is 2.06. The summed E-state index contributed by atoms with van der Waals surface area (Å²) in [6, 6.07) is 7.79. The molecule has 0 spiro atoms. The molecular weight excluding hydrogens is 282 g/mol. The molecule has 0 saturated heterocycles. The number of carbonyl (C=O) groups is 1. The van der Waals surface area contributed by atoms with Gasteiger partial charge >= 0.3 is 5.97 Å². The van der Waals surface area contributed by atoms with Crippen LogP contribution in [-0.2, 0) is 24.8 Å². The summed E-state index contributed by atoms with van der Waals surface area (Å²) >= 11 is 0. The second-order valence-electron chi connectivity index (χ2n) is 5.14. The highest BCUT2D eigenvalue weighted by atomic mass is 16.5. The van der Waals surface area contributed by atoms with E-state index in [1.807, 2.05) is 38.2 Å². The molecule has 0 fully saturated rings. The number of aryl methyl sites for hydroxylation is 3. The Kier molecular flexibility index (Phi) is 5.04. The third kappa shape index (κ3) is 3.78. The Hall–Kier alpha value is -2.50. The van der Waals surface area contributed by atoms with Gasteiger partial charge in [-0.15, -0.1) is 0 Å². The van der Waals surface area contributed by atoms with E-state index in [1.165, 1.54) is 0 Å². The Morgan fingerprint density at radius 2 is 2.23 bits per heavy atom. The van der Waals surface area contributed by atoms with Crippen LogP contribution >= 0.6 is 0 Å². The molecule has 22 heavy (non-hydrogen) atoms. The van der Waals surface area contributed by atoms with E-state index in [9.17, 15) is 4.79 Å². The Morgan fingerprint density at radius 3 is 2.91 bits per heavy atom. The van der Waals surface area contributed by atoms with Gasteiger partial charge in [-0.2, -0.15) is 5.10 Å². The van der Waals surface area contributed by atoms with E-state index in [-0.39, 0.29) is 6.42 Å². The van der Waals surface area contributed by atoms with Crippen molar-refractivity contribution in [2.24, 2.45) is 7.05 Å². The first-order chi connectivity index (χ1) is 10.5. The molecule has 2 N–H and O–H groups in total. The minimum Gasteiger partial charge on any atom is -0.481 e. The Labute approximate surface area is 129 Å². The van der Waals surface area contributed by atoms with Crippen LogP contribution in [0.2, 0.25) is 0 Å². The summed E-state index contributed by atoms with van der Waals surface area (Å²) in [5, 5.41) is 16.4. The van der Waals surface area contributed by atoms with Crippen molar-refractivity contribution in [3.8, 4) is 5.88 Å². The molecular formula is C16H21N3O3. The minimum absolute atomic E-state index is 0.138. The highest BCUT2D eigenvalue weighted by molar-refractivity contribution is 5.67. The van der Waals surface area contributed by atoms with E-state index in [2.05, 4.69) is 10.4 Å². The van der Waals surface area contributed by atoms with Gasteiger partial charge in [-0.05, 0) is 31.0 Å². The average Bonchev–Trinajstić information content (AvgIpc) is 2.76. The Bertz CT molecular complexity index is 665. The molecule has 0 amide bonds. The maximum Gasteiger partial charge on any atom is 0.303 e. The van der Waals surface area contributed by atoms with Crippen LogP contribution < -0.4 is 10.1 Å². The lowest BCUT2D eigenvalue weighted by molar-refractivity contribution is -0.136. The van der Waals surface area contributed by atoms with Gasteiger partial charge < -0.3 is 15.2 Å². The van der Waals surface area contributed by atoms with Gasteiger partial charge in [-0.25, -0.2) is 4.68 Å². The number of aromatic nitrogens is 2. The summed E-state index contributed by atoms with van der Waals surface area (Å²) in [4.78, 5) is 10.6. The fourth-order valence-corrected chi connectivity index (χ4v) is 2.42. The minimum atomic E-state index is -0.783. The number of nitrogens with zero attached hydrogens (tertiary/aromatic N) is 2. The molecule has 1 aromatic carbocycles. The topological polar surface area (TPSA) is 76.4 Å². The quantitative estimate of drug-likeness (QED) is 0.821. The third-order valence-electron chi connectivity index (χ3n) is 3.51. The molecule has 0 aliphatic heterocycles. The lowest BCUT2D eigenvalue weighted by Crippen LogP contribution is -2.03. The van der Waals surface area contributed by atoms with E-state index >= 15 is 0 Å². The summed E-state index contributed by atoms with van der Waals surface area (Å²) < 4.78 is 7.09. The zero-order valence-electron chi connectivity index (χ0n) is 13.1. The van der Waals surface area contributed by atoms with E-state index in [4.69, 9.17) is 9.84 Å². The van der Waals surface area contributed by atoms with Crippen LogP contribution in [0.25, 0.3) is 0 Å². The first kappa shape index (κ1) is 15.9. The molecule has 0 bridgehead atoms. The maximum absolute atomic E-state index is 10.6. The molecule has 2 rings (SSSR count). The summed E-state index contributed by atoms with van der Waals surface area (Å²) in [6.07, 6.45) is 0.666. The number of anilines is 1. The normalized spacial score (nSPS) is 10.5. The average molecular weight is 303 g/mol. The largest absolute Gasteiger partial charge is 0.481 e. The number of aliphatic carboxylic acids is 1. The molecule has 1 aromatic heterocycles. The van der Waals surface area contributed by atoms with Crippen LogP contribution in [-0.4, -0.2) is 28.0 Å². The number of hydrogen-bond donors (Lipinski definition) is 2. The molecule has 6 nitrogen and oxygen atoms in total. The van der Waals surface area contributed by atoms with Crippen LogP contribution in [0.1, 0.15) is 23.2 Å². The van der Waals surface area contributed by atoms with Crippen molar-refractivity contribution in [2.45, 2.75) is 26.3 Å². The second kappa shape index (κ2) is 6.98. The van der Waals surface area contributed by atoms with Gasteiger partial charge in [0.1, 0.15) is 0 Å². The molecule has 0 atom stereocenters. The molecule has 2 aromatic rings. The van der Waals surface area contributed by atoms with Gasteiger partial charge in [-0.3, -0.25) is 4.79 Å². The van der Waals surface area contributed by atoms with Gasteiger partial charge in [0.2, 0.25) is 5.88 Å². The highest BCUT2D eigenvalue weighted by Crippen LogP contribution is 2.22. The van der Waals surface area contributed by atoms with Crippen LogP contribution in [0.4, 0.5) is 5.69 Å². The molecule has 118 valence electrons. The number of carboxylic acids is 1. The lowest BCUT2D eigenvalue weighted by Gasteiger charge is -2.09. The fourth-order valence-electron chi connectivity index (χ4n) is 2.42. The van der Waals surface area contributed by atoms with Crippen LogP contribution in [0, 0.1) is 6.92 Å². The summed E-state index contributed by atoms with van der Waals surface area (Å²) in [6.45, 7) is 2.55. The number of methoxy groups -OCH3 is 1. The fraction of sp³-hybridized carbons (Fsp3) is 0.375. The van der Waals surface area contributed by atoms with E-state index in [1.54, 1.807) is 11.8 Å². The van der Waals surface area contributed by atoms with E-state index < -0.39 is 5.97 Å². The standard InChI is InChI=1S/C16H21N3O3/c1-11-14(16(22-3)19(2)18-11)10-17-13-6-4-5-12(9-13)7-8-15(20)21/h4-6,9,17H,7-8,10H2,1-3H3,(H,20,21). The predicted molar refractivity (Wildman–Crippen MR) is 84.2 cm³/mol. The molecule has 0 aliphatic carbocycles. The monoisotopic (exact) mass is 303 g/mol. The molecule has 0 saturated carbocycles. The number of ether oxygens (including phenoxy) is 1. The number of nitrogens with one attached hydrogen (secondary N) is 1. The lowest BCUT2D eigenvalue weighted by atomic mass is 10.1. The summed E-state index contributed by atoms with van der Waals surface area (Å²) in [7, 11) is 3.48. The van der Waals surface area contributed by atoms with E-state index in [0.29, 0.717) is 13.0 Å². The molecule has 0 radical (unpaired) electrons. The smallest absolute Gasteiger partial charge is 0.303 e. The summed E-state index contributed by atoms with van der Waals surface area (Å²) in [5.41, 5.74) is 3.89. The number of carboxylic acid groups (broad SMARTS) is 1. The van der Waals surface area contributed by atoms with Crippen molar-refractivity contribution in [3.05, 3.63) is 41.1 Å². The van der Waals surface area contributed by atoms with Gasteiger partial charge in [0.05, 0.1) is 18.4 Å². The van der Waals surface area contributed by atoms with Crippen molar-refractivity contribution >= 4 is 11.7 Å². The SMILES string of the molecule is COc1c(CNc2cccc(CCC(=O)O)c2)c(C)nn1C. The number of hydrogen-bond acceptors (Lipinski definition) is 4. The van der Waals surface area contributed by atoms with Crippen LogP contribution in [0.3, 0.4) is 0 Å². The summed E-state index contributed by atoms with van der Waals surface area (Å²) in [5.74, 6) is -0.0406. The van der Waals surface area contributed by atoms with Crippen molar-refractivity contribution in [3.63, 3.8) is 0 Å². The van der Waals surface area contributed by atoms with Crippen molar-refractivity contribution in [1.29, 1.82) is 0 Å². The first-order valence-electron chi connectivity index (χ1n) is 7.12. The van der Waals surface area contributed by atoms with Gasteiger partial charge in [0.25, 0.3) is 0 Å². The van der Waals surface area contributed by atoms with E-state index in [0.717, 1.165) is 28.4 Å². The number of benzene rings is 1.